The Morgan fingerprint density at radius 1 is 1.33 bits per heavy atom. The van der Waals surface area contributed by atoms with E-state index in [0.717, 1.165) is 20.9 Å². The van der Waals surface area contributed by atoms with E-state index >= 15 is 0 Å². The second kappa shape index (κ2) is 7.25. The third-order valence-corrected chi connectivity index (χ3v) is 3.82. The summed E-state index contributed by atoms with van der Waals surface area (Å²) in [4.78, 5) is 27.1. The van der Waals surface area contributed by atoms with Crippen LogP contribution in [0, 0.1) is 0 Å². The molecule has 2 aromatic rings. The van der Waals surface area contributed by atoms with Crippen molar-refractivity contribution in [3.8, 4) is 0 Å². The van der Waals surface area contributed by atoms with Crippen LogP contribution >= 0.6 is 15.9 Å². The van der Waals surface area contributed by atoms with E-state index in [2.05, 4.69) is 26.2 Å². The van der Waals surface area contributed by atoms with Gasteiger partial charge in [0.2, 0.25) is 0 Å². The van der Waals surface area contributed by atoms with Gasteiger partial charge in [0.25, 0.3) is 0 Å². The lowest BCUT2D eigenvalue weighted by Crippen LogP contribution is -2.45. The highest BCUT2D eigenvalue weighted by Crippen LogP contribution is 2.23. The second-order valence-electron chi connectivity index (χ2n) is 6.43. The van der Waals surface area contributed by atoms with Crippen molar-refractivity contribution in [1.82, 2.24) is 10.3 Å². The van der Waals surface area contributed by atoms with E-state index < -0.39 is 23.7 Å². The summed E-state index contributed by atoms with van der Waals surface area (Å²) in [5.74, 6) is -0.521. The van der Waals surface area contributed by atoms with Crippen molar-refractivity contribution in [3.63, 3.8) is 0 Å². The van der Waals surface area contributed by atoms with E-state index in [-0.39, 0.29) is 0 Å². The molecule has 6 nitrogen and oxygen atoms in total. The number of halogens is 1. The van der Waals surface area contributed by atoms with E-state index in [1.165, 1.54) is 7.11 Å². The fourth-order valence-corrected chi connectivity index (χ4v) is 2.69. The van der Waals surface area contributed by atoms with Crippen LogP contribution in [-0.4, -0.2) is 35.8 Å². The molecule has 0 aliphatic carbocycles. The number of benzene rings is 1. The van der Waals surface area contributed by atoms with Gasteiger partial charge in [-0.25, -0.2) is 9.59 Å². The molecule has 0 aliphatic rings. The molecule has 0 fully saturated rings. The van der Waals surface area contributed by atoms with E-state index in [9.17, 15) is 9.59 Å². The number of aromatic amines is 1. The molecule has 1 aromatic heterocycles. The quantitative estimate of drug-likeness (QED) is 0.774. The number of carbonyl (C=O) groups is 2. The fourth-order valence-electron chi connectivity index (χ4n) is 2.33. The average Bonchev–Trinajstić information content (AvgIpc) is 2.85. The van der Waals surface area contributed by atoms with Gasteiger partial charge in [-0.05, 0) is 38.5 Å². The standard InChI is InChI=1S/C17H21BrN2O4/c1-17(2,3)24-16(22)20-14(15(21)23-4)7-10-9-19-13-8-11(18)5-6-12(10)13/h5-6,8-9,14,19H,7H2,1-4H3,(H,20,22)/t14-/m0/s1. The molecule has 0 saturated heterocycles. The first-order valence-corrected chi connectivity index (χ1v) is 8.32. The lowest BCUT2D eigenvalue weighted by atomic mass is 10.1. The first-order valence-electron chi connectivity index (χ1n) is 7.52. The lowest BCUT2D eigenvalue weighted by molar-refractivity contribution is -0.143. The van der Waals surface area contributed by atoms with Crippen molar-refractivity contribution in [2.75, 3.05) is 7.11 Å². The SMILES string of the molecule is COC(=O)[C@H](Cc1c[nH]c2cc(Br)ccc12)NC(=O)OC(C)(C)C. The maximum absolute atomic E-state index is 12.0. The van der Waals surface area contributed by atoms with Crippen LogP contribution in [0.25, 0.3) is 10.9 Å². The Balaban J connectivity index is 2.19. The third kappa shape index (κ3) is 4.74. The molecule has 2 rings (SSSR count). The van der Waals surface area contributed by atoms with Gasteiger partial charge in [-0.3, -0.25) is 0 Å². The number of alkyl carbamates (subject to hydrolysis) is 1. The second-order valence-corrected chi connectivity index (χ2v) is 7.35. The number of amides is 1. The van der Waals surface area contributed by atoms with Crippen LogP contribution < -0.4 is 5.32 Å². The minimum atomic E-state index is -0.826. The predicted molar refractivity (Wildman–Crippen MR) is 94.9 cm³/mol. The Labute approximate surface area is 149 Å². The number of nitrogens with one attached hydrogen (secondary N) is 2. The molecular weight excluding hydrogens is 376 g/mol. The fraction of sp³-hybridized carbons (Fsp3) is 0.412. The molecular formula is C17H21BrN2O4. The summed E-state index contributed by atoms with van der Waals surface area (Å²) >= 11 is 3.42. The topological polar surface area (TPSA) is 80.4 Å². The van der Waals surface area contributed by atoms with Gasteiger partial charge in [0.1, 0.15) is 11.6 Å². The molecule has 1 atom stereocenters. The van der Waals surface area contributed by atoms with Gasteiger partial charge in [-0.1, -0.05) is 22.0 Å². The maximum Gasteiger partial charge on any atom is 0.408 e. The van der Waals surface area contributed by atoms with Crippen molar-refractivity contribution in [2.24, 2.45) is 0 Å². The molecule has 0 unspecified atom stereocenters. The number of ether oxygens (including phenoxy) is 2. The van der Waals surface area contributed by atoms with Crippen molar-refractivity contribution < 1.29 is 19.1 Å². The minimum Gasteiger partial charge on any atom is -0.467 e. The normalized spacial score (nSPS) is 12.7. The molecule has 7 heteroatoms. The number of methoxy groups -OCH3 is 1. The van der Waals surface area contributed by atoms with Crippen LogP contribution in [0.1, 0.15) is 26.3 Å². The van der Waals surface area contributed by atoms with Gasteiger partial charge in [-0.15, -0.1) is 0 Å². The van der Waals surface area contributed by atoms with Gasteiger partial charge < -0.3 is 19.8 Å². The van der Waals surface area contributed by atoms with E-state index in [1.807, 2.05) is 24.4 Å². The third-order valence-electron chi connectivity index (χ3n) is 3.33. The molecule has 1 heterocycles. The minimum absolute atomic E-state index is 0.299. The maximum atomic E-state index is 12.0. The molecule has 1 aromatic carbocycles. The van der Waals surface area contributed by atoms with Crippen LogP contribution in [-0.2, 0) is 20.7 Å². The van der Waals surface area contributed by atoms with Gasteiger partial charge >= 0.3 is 12.1 Å². The zero-order valence-corrected chi connectivity index (χ0v) is 15.7. The summed E-state index contributed by atoms with van der Waals surface area (Å²) in [6.07, 6.45) is 1.47. The number of esters is 1. The molecule has 0 spiro atoms. The van der Waals surface area contributed by atoms with Crippen molar-refractivity contribution >= 4 is 38.9 Å². The first kappa shape index (κ1) is 18.3. The number of carbonyl (C=O) groups excluding carboxylic acids is 2. The summed E-state index contributed by atoms with van der Waals surface area (Å²) in [5, 5.41) is 3.56. The van der Waals surface area contributed by atoms with Crippen LogP contribution in [0.4, 0.5) is 4.79 Å². The van der Waals surface area contributed by atoms with Crippen LogP contribution in [0.3, 0.4) is 0 Å². The highest BCUT2D eigenvalue weighted by Gasteiger charge is 2.26. The number of hydrogen-bond acceptors (Lipinski definition) is 4. The van der Waals surface area contributed by atoms with Gasteiger partial charge in [0.15, 0.2) is 0 Å². The number of aromatic nitrogens is 1. The lowest BCUT2D eigenvalue weighted by Gasteiger charge is -2.22. The molecule has 130 valence electrons. The average molecular weight is 397 g/mol. The first-order chi connectivity index (χ1) is 11.2. The number of H-pyrrole nitrogens is 1. The van der Waals surface area contributed by atoms with Gasteiger partial charge in [0.05, 0.1) is 7.11 Å². The molecule has 1 amide bonds. The molecule has 0 bridgehead atoms. The monoisotopic (exact) mass is 396 g/mol. The molecule has 0 aliphatic heterocycles. The Bertz CT molecular complexity index is 749. The summed E-state index contributed by atoms with van der Waals surface area (Å²) in [5.41, 5.74) is 1.21. The van der Waals surface area contributed by atoms with E-state index in [1.54, 1.807) is 20.8 Å². The number of fused-ring (bicyclic) bond motifs is 1. The summed E-state index contributed by atoms with van der Waals surface area (Å²) in [6.45, 7) is 5.28. The molecule has 0 saturated carbocycles. The number of hydrogen-bond donors (Lipinski definition) is 2. The van der Waals surface area contributed by atoms with Crippen LogP contribution in [0.5, 0.6) is 0 Å². The largest absolute Gasteiger partial charge is 0.467 e. The van der Waals surface area contributed by atoms with Crippen molar-refractivity contribution in [2.45, 2.75) is 38.8 Å². The summed E-state index contributed by atoms with van der Waals surface area (Å²) < 4.78 is 11.0. The highest BCUT2D eigenvalue weighted by atomic mass is 79.9. The van der Waals surface area contributed by atoms with Crippen LogP contribution in [0.2, 0.25) is 0 Å². The van der Waals surface area contributed by atoms with Crippen molar-refractivity contribution in [3.05, 3.63) is 34.4 Å². The van der Waals surface area contributed by atoms with Crippen molar-refractivity contribution in [1.29, 1.82) is 0 Å². The molecule has 2 N–H and O–H groups in total. The zero-order chi connectivity index (χ0) is 17.9. The molecule has 0 radical (unpaired) electrons. The Kier molecular flexibility index (Phi) is 5.54. The Morgan fingerprint density at radius 3 is 2.67 bits per heavy atom. The molecule has 24 heavy (non-hydrogen) atoms. The van der Waals surface area contributed by atoms with Gasteiger partial charge in [0, 0.05) is 28.0 Å². The van der Waals surface area contributed by atoms with E-state index in [0.29, 0.717) is 6.42 Å². The van der Waals surface area contributed by atoms with Gasteiger partial charge in [-0.2, -0.15) is 0 Å². The number of rotatable bonds is 4. The Hall–Kier alpha value is -2.02. The predicted octanol–water partition coefficient (Wildman–Crippen LogP) is 3.54. The highest BCUT2D eigenvalue weighted by molar-refractivity contribution is 9.10. The summed E-state index contributed by atoms with van der Waals surface area (Å²) in [7, 11) is 1.29. The summed E-state index contributed by atoms with van der Waals surface area (Å²) in [6, 6.07) is 5.00. The Morgan fingerprint density at radius 2 is 2.04 bits per heavy atom. The van der Waals surface area contributed by atoms with Crippen LogP contribution in [0.15, 0.2) is 28.9 Å². The van der Waals surface area contributed by atoms with E-state index in [4.69, 9.17) is 9.47 Å². The smallest absolute Gasteiger partial charge is 0.408 e. The zero-order valence-electron chi connectivity index (χ0n) is 14.1.